The molecule has 0 atom stereocenters. The lowest BCUT2D eigenvalue weighted by atomic mass is 10.1. The fourth-order valence-corrected chi connectivity index (χ4v) is 6.24. The highest BCUT2D eigenvalue weighted by Gasteiger charge is 2.20. The van der Waals surface area contributed by atoms with Gasteiger partial charge in [0.05, 0.1) is 26.7 Å². The number of carbonyl (C=O) groups is 1. The van der Waals surface area contributed by atoms with Gasteiger partial charge in [-0.3, -0.25) is 0 Å². The number of aliphatic carboxylic acids is 1. The molecule has 0 saturated carbocycles. The third-order valence-corrected chi connectivity index (χ3v) is 9.49. The van der Waals surface area contributed by atoms with Crippen LogP contribution in [0.2, 0.25) is 0 Å². The number of hydrogen-bond donors (Lipinski definition) is 0. The van der Waals surface area contributed by atoms with E-state index in [9.17, 15) is 9.90 Å². The Balaban J connectivity index is 0. The van der Waals surface area contributed by atoms with E-state index >= 15 is 0 Å². The summed E-state index contributed by atoms with van der Waals surface area (Å²) in [7, 11) is 2.56. The molecule has 3 heteroatoms. The minimum Gasteiger partial charge on any atom is -0.550 e. The van der Waals surface area contributed by atoms with Crippen LogP contribution in [0.3, 0.4) is 0 Å². The number of unbranched alkanes of at least 4 members (excludes halogenated alkanes) is 23. The van der Waals surface area contributed by atoms with E-state index < -0.39 is 5.97 Å². The summed E-state index contributed by atoms with van der Waals surface area (Å²) >= 11 is 0. The molecule has 0 aliphatic rings. The van der Waals surface area contributed by atoms with Crippen molar-refractivity contribution >= 4 is 5.97 Å². The van der Waals surface area contributed by atoms with Crippen molar-refractivity contribution in [3.63, 3.8) is 0 Å². The standard InChI is InChI=1S/C25H54N.C18H32O2/c1-5-8-11-14-17-20-23-26(4,24-21-18-15-12-9-6-2)25-22-19-16-13-10-7-3;1-2-3-4-5-6-7-8-9-10-11-12-13-14-15-16-17-18(19)20/h5-25H2,1-4H3;6-7,9-10H,2-5,8,11-17H2,1H3,(H,19,20)/q+1;/p-1/b;7-6-,10-9-. The first-order valence-corrected chi connectivity index (χ1v) is 20.8. The molecule has 0 fully saturated rings. The number of quaternary nitrogens is 1. The Hall–Kier alpha value is -1.09. The third-order valence-electron chi connectivity index (χ3n) is 9.49. The zero-order valence-corrected chi connectivity index (χ0v) is 32.4. The molecule has 0 aromatic carbocycles. The maximum Gasteiger partial charge on any atom is 0.0784 e. The molecule has 274 valence electrons. The van der Waals surface area contributed by atoms with Gasteiger partial charge in [0.2, 0.25) is 0 Å². The van der Waals surface area contributed by atoms with Gasteiger partial charge in [-0.25, -0.2) is 0 Å². The van der Waals surface area contributed by atoms with Crippen LogP contribution in [0.5, 0.6) is 0 Å². The lowest BCUT2D eigenvalue weighted by Gasteiger charge is -2.35. The van der Waals surface area contributed by atoms with E-state index in [1.807, 2.05) is 0 Å². The van der Waals surface area contributed by atoms with Crippen LogP contribution in [0, 0.1) is 0 Å². The number of carbonyl (C=O) groups excluding carboxylic acids is 1. The Morgan fingerprint density at radius 3 is 1.13 bits per heavy atom. The largest absolute Gasteiger partial charge is 0.550 e. The lowest BCUT2D eigenvalue weighted by Crippen LogP contribution is -2.46. The van der Waals surface area contributed by atoms with Gasteiger partial charge in [0.1, 0.15) is 0 Å². The highest BCUT2D eigenvalue weighted by atomic mass is 16.4. The quantitative estimate of drug-likeness (QED) is 0.0390. The van der Waals surface area contributed by atoms with Gasteiger partial charge < -0.3 is 14.4 Å². The number of carboxylic acid groups (broad SMARTS) is 1. The highest BCUT2D eigenvalue weighted by Crippen LogP contribution is 2.16. The molecule has 0 radical (unpaired) electrons. The van der Waals surface area contributed by atoms with Crippen LogP contribution in [-0.2, 0) is 4.79 Å². The number of hydrogen-bond acceptors (Lipinski definition) is 2. The van der Waals surface area contributed by atoms with Gasteiger partial charge in [0, 0.05) is 5.97 Å². The summed E-state index contributed by atoms with van der Waals surface area (Å²) in [6, 6.07) is 0. The molecular formula is C43H85NO2. The summed E-state index contributed by atoms with van der Waals surface area (Å²) in [6.45, 7) is 13.5. The molecule has 0 aliphatic heterocycles. The van der Waals surface area contributed by atoms with Gasteiger partial charge in [-0.1, -0.05) is 161 Å². The highest BCUT2D eigenvalue weighted by molar-refractivity contribution is 5.64. The first-order chi connectivity index (χ1) is 22.5. The SMILES string of the molecule is CCCCC/C=C\C/C=C\CCCCCCCC(=O)[O-].CCCCCCCC[N+](C)(CCCCCCCC)CCCCCCCC. The Kier molecular flexibility index (Phi) is 41.0. The van der Waals surface area contributed by atoms with Crippen LogP contribution in [0.4, 0.5) is 0 Å². The number of rotatable bonds is 35. The van der Waals surface area contributed by atoms with Crippen molar-refractivity contribution < 1.29 is 14.4 Å². The van der Waals surface area contributed by atoms with Crippen molar-refractivity contribution in [2.45, 2.75) is 220 Å². The average molecular weight is 648 g/mol. The Morgan fingerprint density at radius 1 is 0.435 bits per heavy atom. The van der Waals surface area contributed by atoms with E-state index in [2.05, 4.69) is 59.0 Å². The molecule has 3 nitrogen and oxygen atoms in total. The van der Waals surface area contributed by atoms with E-state index in [1.165, 1.54) is 178 Å². The fraction of sp³-hybridized carbons (Fsp3) is 0.884. The molecule has 0 N–H and O–H groups in total. The molecule has 0 heterocycles. The van der Waals surface area contributed by atoms with Gasteiger partial charge in [-0.15, -0.1) is 0 Å². The molecule has 0 saturated heterocycles. The normalized spacial score (nSPS) is 11.8. The smallest absolute Gasteiger partial charge is 0.0784 e. The van der Waals surface area contributed by atoms with Crippen molar-refractivity contribution in [2.24, 2.45) is 0 Å². The molecule has 0 amide bonds. The van der Waals surface area contributed by atoms with Crippen molar-refractivity contribution in [1.29, 1.82) is 0 Å². The van der Waals surface area contributed by atoms with Gasteiger partial charge in [0.25, 0.3) is 0 Å². The van der Waals surface area contributed by atoms with E-state index in [1.54, 1.807) is 0 Å². The Labute approximate surface area is 291 Å². The Bertz CT molecular complexity index is 600. The maximum atomic E-state index is 10.2. The molecule has 0 rings (SSSR count). The maximum absolute atomic E-state index is 10.2. The predicted molar refractivity (Wildman–Crippen MR) is 205 cm³/mol. The summed E-state index contributed by atoms with van der Waals surface area (Å²) in [4.78, 5) is 10.2. The molecule has 0 bridgehead atoms. The fourth-order valence-electron chi connectivity index (χ4n) is 6.24. The van der Waals surface area contributed by atoms with Crippen LogP contribution >= 0.6 is 0 Å². The molecule has 46 heavy (non-hydrogen) atoms. The van der Waals surface area contributed by atoms with Crippen molar-refractivity contribution in [3.05, 3.63) is 24.3 Å². The Morgan fingerprint density at radius 2 is 0.739 bits per heavy atom. The van der Waals surface area contributed by atoms with Crippen LogP contribution in [-0.4, -0.2) is 37.1 Å². The molecular weight excluding hydrogens is 562 g/mol. The summed E-state index contributed by atoms with van der Waals surface area (Å²) in [5.41, 5.74) is 0. The topological polar surface area (TPSA) is 40.1 Å². The summed E-state index contributed by atoms with van der Waals surface area (Å²) in [5, 5.41) is 10.2. The second kappa shape index (κ2) is 40.1. The summed E-state index contributed by atoms with van der Waals surface area (Å²) < 4.78 is 1.36. The average Bonchev–Trinajstić information content (AvgIpc) is 3.04. The lowest BCUT2D eigenvalue weighted by molar-refractivity contribution is -0.910. The van der Waals surface area contributed by atoms with Crippen molar-refractivity contribution in [3.8, 4) is 0 Å². The van der Waals surface area contributed by atoms with Gasteiger partial charge >= 0.3 is 0 Å². The van der Waals surface area contributed by atoms with Gasteiger partial charge in [-0.05, 0) is 83.5 Å². The second-order valence-corrected chi connectivity index (χ2v) is 14.4. The zero-order chi connectivity index (χ0) is 34.2. The van der Waals surface area contributed by atoms with Gasteiger partial charge in [0.15, 0.2) is 0 Å². The first kappa shape index (κ1) is 47.0. The monoisotopic (exact) mass is 648 g/mol. The predicted octanol–water partition coefficient (Wildman–Crippen LogP) is 13.1. The van der Waals surface area contributed by atoms with Crippen molar-refractivity contribution in [2.75, 3.05) is 26.7 Å². The van der Waals surface area contributed by atoms with E-state index in [4.69, 9.17) is 0 Å². The molecule has 0 aliphatic carbocycles. The van der Waals surface area contributed by atoms with Crippen molar-refractivity contribution in [1.82, 2.24) is 0 Å². The van der Waals surface area contributed by atoms with E-state index in [-0.39, 0.29) is 6.42 Å². The third kappa shape index (κ3) is 40.9. The summed E-state index contributed by atoms with van der Waals surface area (Å²) in [6.07, 6.45) is 47.8. The van der Waals surface area contributed by atoms with E-state index in [0.29, 0.717) is 0 Å². The zero-order valence-electron chi connectivity index (χ0n) is 32.4. The number of nitrogens with zero attached hydrogens (tertiary/aromatic N) is 1. The van der Waals surface area contributed by atoms with Crippen LogP contribution in [0.25, 0.3) is 0 Å². The van der Waals surface area contributed by atoms with Crippen LogP contribution in [0.15, 0.2) is 24.3 Å². The molecule has 0 aromatic heterocycles. The number of allylic oxidation sites excluding steroid dienone is 4. The van der Waals surface area contributed by atoms with E-state index in [0.717, 1.165) is 32.1 Å². The first-order valence-electron chi connectivity index (χ1n) is 20.8. The molecule has 0 aromatic rings. The van der Waals surface area contributed by atoms with Gasteiger partial charge in [-0.2, -0.15) is 0 Å². The summed E-state index contributed by atoms with van der Waals surface area (Å²) in [5.74, 6) is -0.921. The number of carboxylic acids is 1. The minimum atomic E-state index is -0.921. The molecule has 0 spiro atoms. The van der Waals surface area contributed by atoms with Crippen LogP contribution < -0.4 is 5.11 Å². The van der Waals surface area contributed by atoms with Crippen LogP contribution in [0.1, 0.15) is 220 Å². The minimum absolute atomic E-state index is 0.213. The molecule has 0 unspecified atom stereocenters. The second-order valence-electron chi connectivity index (χ2n) is 14.4.